The van der Waals surface area contributed by atoms with Gasteiger partial charge in [-0.1, -0.05) is 25.2 Å². The van der Waals surface area contributed by atoms with Crippen molar-refractivity contribution in [2.75, 3.05) is 44.7 Å². The molecule has 0 unspecified atom stereocenters. The van der Waals surface area contributed by atoms with Crippen LogP contribution in [0.2, 0.25) is 0 Å². The van der Waals surface area contributed by atoms with Gasteiger partial charge in [0.05, 0.1) is 19.3 Å². The van der Waals surface area contributed by atoms with Crippen LogP contribution < -0.4 is 5.32 Å². The zero-order valence-corrected chi connectivity index (χ0v) is 19.6. The number of nitrogens with one attached hydrogen (secondary N) is 1. The number of carbonyl (C=O) groups excluding carboxylic acids is 2. The van der Waals surface area contributed by atoms with Gasteiger partial charge in [-0.25, -0.2) is 4.79 Å². The van der Waals surface area contributed by atoms with Gasteiger partial charge >= 0.3 is 5.97 Å². The van der Waals surface area contributed by atoms with Gasteiger partial charge in [-0.05, 0) is 31.1 Å². The minimum absolute atomic E-state index is 0.0150. The molecule has 1 aromatic rings. The molecule has 0 aromatic heterocycles. The summed E-state index contributed by atoms with van der Waals surface area (Å²) in [5.41, 5.74) is 1.05. The molecule has 4 N–H and O–H groups in total. The van der Waals surface area contributed by atoms with Crippen molar-refractivity contribution >= 4 is 23.5 Å². The predicted molar refractivity (Wildman–Crippen MR) is 128 cm³/mol. The average molecular weight is 475 g/mol. The standard InChI is InChI=1S/C25H34N2O7/c1-16-6-7-21(29)24(31)20(28)5-3-4-18-14-19(26-8-9-27-10-12-33-13-11-27)15-22(30)23(18)25(32)34-17(16)2/h3-4,6-7,14-17,20,24,26,28,30-31H,5,8-13H2,1-2H3/b4-3+,7-6+/t16-,17+,20+,24-/m1/s1. The van der Waals surface area contributed by atoms with E-state index in [2.05, 4.69) is 10.2 Å². The maximum atomic E-state index is 12.9. The first-order valence-corrected chi connectivity index (χ1v) is 11.6. The van der Waals surface area contributed by atoms with E-state index >= 15 is 0 Å². The molecule has 0 radical (unpaired) electrons. The number of phenols is 1. The molecule has 1 saturated heterocycles. The second-order valence-electron chi connectivity index (χ2n) is 8.72. The van der Waals surface area contributed by atoms with Gasteiger partial charge in [0.1, 0.15) is 23.5 Å². The number of hydrogen-bond donors (Lipinski definition) is 4. The second-order valence-corrected chi connectivity index (χ2v) is 8.72. The van der Waals surface area contributed by atoms with Gasteiger partial charge in [0.15, 0.2) is 5.78 Å². The normalized spacial score (nSPS) is 28.9. The van der Waals surface area contributed by atoms with Crippen LogP contribution in [0.15, 0.2) is 30.4 Å². The first-order valence-electron chi connectivity index (χ1n) is 11.6. The minimum atomic E-state index is -1.56. The van der Waals surface area contributed by atoms with Crippen molar-refractivity contribution in [3.8, 4) is 5.75 Å². The predicted octanol–water partition coefficient (Wildman–Crippen LogP) is 1.58. The molecule has 2 heterocycles. The molecule has 0 amide bonds. The molecule has 0 aliphatic carbocycles. The van der Waals surface area contributed by atoms with E-state index in [1.165, 1.54) is 18.2 Å². The number of carbonyl (C=O) groups is 2. The number of ketones is 1. The second kappa shape index (κ2) is 12.1. The number of nitrogens with zero attached hydrogens (tertiary/aromatic N) is 1. The molecule has 1 fully saturated rings. The molecule has 34 heavy (non-hydrogen) atoms. The smallest absolute Gasteiger partial charge is 0.342 e. The number of aliphatic hydroxyl groups excluding tert-OH is 2. The van der Waals surface area contributed by atoms with Crippen molar-refractivity contribution in [1.82, 2.24) is 4.90 Å². The SMILES string of the molecule is C[C@@H]1/C=C/C(=O)[C@H](O)[C@@H](O)C/C=C/c2cc(NCCN3CCOCC3)cc(O)c2C(=O)O[C@H]1C. The van der Waals surface area contributed by atoms with Crippen molar-refractivity contribution in [3.05, 3.63) is 41.5 Å². The number of fused-ring (bicyclic) bond motifs is 1. The number of phenolic OH excluding ortho intramolecular Hbond substituents is 1. The van der Waals surface area contributed by atoms with Crippen molar-refractivity contribution in [2.24, 2.45) is 5.92 Å². The fraction of sp³-hybridized carbons (Fsp3) is 0.520. The molecule has 2 aliphatic heterocycles. The van der Waals surface area contributed by atoms with E-state index in [1.54, 1.807) is 32.1 Å². The number of ether oxygens (including phenoxy) is 2. The molecule has 186 valence electrons. The topological polar surface area (TPSA) is 129 Å². The van der Waals surface area contributed by atoms with Crippen molar-refractivity contribution < 1.29 is 34.4 Å². The highest BCUT2D eigenvalue weighted by Crippen LogP contribution is 2.30. The van der Waals surface area contributed by atoms with Gasteiger partial charge in [-0.3, -0.25) is 9.69 Å². The number of rotatable bonds is 4. The summed E-state index contributed by atoms with van der Waals surface area (Å²) in [6.45, 7) is 8.06. The lowest BCUT2D eigenvalue weighted by atomic mass is 9.99. The molecule has 0 bridgehead atoms. The van der Waals surface area contributed by atoms with E-state index in [0.717, 1.165) is 19.6 Å². The Morgan fingerprint density at radius 2 is 1.85 bits per heavy atom. The minimum Gasteiger partial charge on any atom is -0.507 e. The number of aliphatic hydroxyl groups is 2. The van der Waals surface area contributed by atoms with Gasteiger partial charge in [-0.15, -0.1) is 0 Å². The Morgan fingerprint density at radius 1 is 1.12 bits per heavy atom. The molecule has 2 aliphatic rings. The Hall–Kier alpha value is -2.72. The fourth-order valence-electron chi connectivity index (χ4n) is 3.78. The van der Waals surface area contributed by atoms with Crippen LogP contribution in [0.3, 0.4) is 0 Å². The summed E-state index contributed by atoms with van der Waals surface area (Å²) in [4.78, 5) is 27.3. The largest absolute Gasteiger partial charge is 0.507 e. The lowest BCUT2D eigenvalue weighted by molar-refractivity contribution is -0.127. The van der Waals surface area contributed by atoms with Crippen LogP contribution in [0.5, 0.6) is 5.75 Å². The monoisotopic (exact) mass is 474 g/mol. The Morgan fingerprint density at radius 3 is 2.59 bits per heavy atom. The summed E-state index contributed by atoms with van der Waals surface area (Å²) < 4.78 is 10.9. The molecule has 9 nitrogen and oxygen atoms in total. The van der Waals surface area contributed by atoms with Crippen LogP contribution in [-0.2, 0) is 14.3 Å². The maximum Gasteiger partial charge on any atom is 0.342 e. The van der Waals surface area contributed by atoms with Crippen LogP contribution in [0.1, 0.15) is 36.2 Å². The lowest BCUT2D eigenvalue weighted by Crippen LogP contribution is -2.39. The number of cyclic esters (lactones) is 1. The number of anilines is 1. The van der Waals surface area contributed by atoms with E-state index in [-0.39, 0.29) is 23.7 Å². The number of hydrogen-bond acceptors (Lipinski definition) is 9. The molecule has 9 heteroatoms. The Bertz CT molecular complexity index is 924. The summed E-state index contributed by atoms with van der Waals surface area (Å²) in [6, 6.07) is 3.21. The molecule has 4 atom stereocenters. The summed E-state index contributed by atoms with van der Waals surface area (Å²) in [5.74, 6) is -1.86. The first kappa shape index (κ1) is 25.9. The van der Waals surface area contributed by atoms with Gasteiger partial charge in [0.2, 0.25) is 0 Å². The van der Waals surface area contributed by atoms with Crippen molar-refractivity contribution in [1.29, 1.82) is 0 Å². The lowest BCUT2D eigenvalue weighted by Gasteiger charge is -2.26. The van der Waals surface area contributed by atoms with Crippen LogP contribution >= 0.6 is 0 Å². The van der Waals surface area contributed by atoms with Crippen LogP contribution in [0, 0.1) is 5.92 Å². The van der Waals surface area contributed by atoms with E-state index in [0.29, 0.717) is 31.0 Å². The van der Waals surface area contributed by atoms with E-state index in [9.17, 15) is 24.9 Å². The maximum absolute atomic E-state index is 12.9. The number of benzene rings is 1. The number of aromatic hydroxyl groups is 1. The zero-order valence-electron chi connectivity index (χ0n) is 19.6. The van der Waals surface area contributed by atoms with E-state index in [1.807, 2.05) is 0 Å². The Labute approximate surface area is 199 Å². The van der Waals surface area contributed by atoms with Crippen LogP contribution in [0.4, 0.5) is 5.69 Å². The molecule has 1 aromatic carbocycles. The molecule has 0 saturated carbocycles. The average Bonchev–Trinajstić information content (AvgIpc) is 2.81. The van der Waals surface area contributed by atoms with Crippen molar-refractivity contribution in [3.63, 3.8) is 0 Å². The number of morpholine rings is 1. The summed E-state index contributed by atoms with van der Waals surface area (Å²) in [6.07, 6.45) is 2.36. The van der Waals surface area contributed by atoms with Gasteiger partial charge in [0.25, 0.3) is 0 Å². The molecule has 0 spiro atoms. The highest BCUT2D eigenvalue weighted by Gasteiger charge is 2.25. The third-order valence-electron chi connectivity index (χ3n) is 6.14. The third-order valence-corrected chi connectivity index (χ3v) is 6.14. The highest BCUT2D eigenvalue weighted by atomic mass is 16.5. The summed E-state index contributed by atoms with van der Waals surface area (Å²) in [7, 11) is 0. The first-order chi connectivity index (χ1) is 16.3. The Kier molecular flexibility index (Phi) is 9.23. The van der Waals surface area contributed by atoms with Gasteiger partial charge in [-0.2, -0.15) is 0 Å². The van der Waals surface area contributed by atoms with E-state index in [4.69, 9.17) is 9.47 Å². The molecular weight excluding hydrogens is 440 g/mol. The van der Waals surface area contributed by atoms with Crippen molar-refractivity contribution in [2.45, 2.75) is 38.6 Å². The summed E-state index contributed by atoms with van der Waals surface area (Å²) in [5, 5.41) is 34.3. The molecule has 3 rings (SSSR count). The quantitative estimate of drug-likeness (QED) is 0.481. The molecular formula is C25H34N2O7. The van der Waals surface area contributed by atoms with Gasteiger partial charge < -0.3 is 30.1 Å². The van der Waals surface area contributed by atoms with Gasteiger partial charge in [0, 0.05) is 43.9 Å². The van der Waals surface area contributed by atoms with Crippen LogP contribution in [-0.4, -0.2) is 89.7 Å². The van der Waals surface area contributed by atoms with Crippen LogP contribution in [0.25, 0.3) is 6.08 Å². The highest BCUT2D eigenvalue weighted by molar-refractivity contribution is 5.97. The Balaban J connectivity index is 1.84. The van der Waals surface area contributed by atoms with E-state index < -0.39 is 30.1 Å². The zero-order chi connectivity index (χ0) is 24.7. The summed E-state index contributed by atoms with van der Waals surface area (Å²) >= 11 is 0. The fourth-order valence-corrected chi connectivity index (χ4v) is 3.78. The third kappa shape index (κ3) is 6.89. The number of esters is 1.